The lowest BCUT2D eigenvalue weighted by Crippen LogP contribution is -2.52. The van der Waals surface area contributed by atoms with Gasteiger partial charge in [0.1, 0.15) is 25.0 Å². The van der Waals surface area contributed by atoms with Crippen LogP contribution in [0, 0.1) is 11.3 Å². The highest BCUT2D eigenvalue weighted by atomic mass is 16.5. The van der Waals surface area contributed by atoms with Gasteiger partial charge >= 0.3 is 11.9 Å². The largest absolute Gasteiger partial charge is 0.492 e. The Labute approximate surface area is 182 Å². The van der Waals surface area contributed by atoms with E-state index in [2.05, 4.69) is 9.98 Å². The molecule has 31 heavy (non-hydrogen) atoms. The Hall–Kier alpha value is -2.82. The summed E-state index contributed by atoms with van der Waals surface area (Å²) in [6.07, 6.45) is 2.36. The quantitative estimate of drug-likeness (QED) is 0.414. The van der Waals surface area contributed by atoms with Gasteiger partial charge in [-0.05, 0) is 18.8 Å². The lowest BCUT2D eigenvalue weighted by Gasteiger charge is -2.38. The van der Waals surface area contributed by atoms with Gasteiger partial charge in [-0.2, -0.15) is 4.99 Å². The molecule has 11 heteroatoms. The summed E-state index contributed by atoms with van der Waals surface area (Å²) in [6.45, 7) is 7.65. The molecule has 3 atom stereocenters. The number of aliphatic imine (C=N–C) groups is 2. The fourth-order valence-electron chi connectivity index (χ4n) is 3.33. The highest BCUT2D eigenvalue weighted by Gasteiger charge is 2.39. The molecule has 0 bridgehead atoms. The van der Waals surface area contributed by atoms with E-state index in [1.807, 2.05) is 25.7 Å². The number of likely N-dealkylation sites (N-methyl/N-ethyl adjacent to an activating group) is 1. The van der Waals surface area contributed by atoms with Gasteiger partial charge in [0.25, 0.3) is 0 Å². The average Bonchev–Trinajstić information content (AvgIpc) is 3.15. The Bertz CT molecular complexity index is 780. The first-order chi connectivity index (χ1) is 14.5. The minimum absolute atomic E-state index is 0.0512. The average molecular weight is 439 g/mol. The van der Waals surface area contributed by atoms with Gasteiger partial charge in [-0.3, -0.25) is 9.59 Å². The van der Waals surface area contributed by atoms with E-state index in [9.17, 15) is 14.7 Å². The van der Waals surface area contributed by atoms with Crippen LogP contribution in [0.25, 0.3) is 0 Å². The third-order valence-corrected chi connectivity index (χ3v) is 5.82. The number of nitrogens with zero attached hydrogens (tertiary/aromatic N) is 4. The molecule has 11 nitrogen and oxygen atoms in total. The molecule has 0 saturated carbocycles. The van der Waals surface area contributed by atoms with E-state index in [1.54, 1.807) is 18.3 Å². The second-order valence-electron chi connectivity index (χ2n) is 8.41. The first kappa shape index (κ1) is 24.4. The molecular formula is C20H34N6O5. The van der Waals surface area contributed by atoms with Gasteiger partial charge in [0.2, 0.25) is 11.8 Å². The fourth-order valence-corrected chi connectivity index (χ4v) is 3.33. The molecule has 2 heterocycles. The molecule has 0 aliphatic carbocycles. The molecule has 0 aromatic rings. The first-order valence-corrected chi connectivity index (χ1v) is 10.4. The Kier molecular flexibility index (Phi) is 7.88. The van der Waals surface area contributed by atoms with Crippen LogP contribution in [0.2, 0.25) is 0 Å². The lowest BCUT2D eigenvalue weighted by atomic mass is 9.83. The third kappa shape index (κ3) is 5.66. The maximum atomic E-state index is 12.3. The molecule has 0 fully saturated rings. The smallest absolute Gasteiger partial charge is 0.323 e. The van der Waals surface area contributed by atoms with Crippen LogP contribution in [0.5, 0.6) is 0 Å². The molecule has 174 valence electrons. The monoisotopic (exact) mass is 438 g/mol. The molecule has 2 aliphatic heterocycles. The minimum Gasteiger partial charge on any atom is -0.492 e. The van der Waals surface area contributed by atoms with Crippen molar-refractivity contribution in [3.8, 4) is 0 Å². The number of aliphatic hydroxyl groups is 1. The Morgan fingerprint density at radius 2 is 1.97 bits per heavy atom. The maximum Gasteiger partial charge on any atom is 0.323 e. The van der Waals surface area contributed by atoms with E-state index in [0.717, 1.165) is 0 Å². The first-order valence-electron chi connectivity index (χ1n) is 10.4. The molecule has 0 aromatic carbocycles. The van der Waals surface area contributed by atoms with Crippen molar-refractivity contribution in [1.29, 1.82) is 0 Å². The predicted octanol–water partition coefficient (Wildman–Crippen LogP) is 0.520. The molecule has 0 radical (unpaired) electrons. The summed E-state index contributed by atoms with van der Waals surface area (Å²) in [4.78, 5) is 35.5. The van der Waals surface area contributed by atoms with E-state index in [-0.39, 0.29) is 31.0 Å². The number of guanidine groups is 1. The molecule has 2 rings (SSSR count). The van der Waals surface area contributed by atoms with Crippen molar-refractivity contribution in [2.45, 2.75) is 52.7 Å². The summed E-state index contributed by atoms with van der Waals surface area (Å²) >= 11 is 0. The van der Waals surface area contributed by atoms with Crippen molar-refractivity contribution in [3.05, 3.63) is 11.6 Å². The number of carbonyl (C=O) groups excluding carboxylic acids is 2. The van der Waals surface area contributed by atoms with E-state index in [0.29, 0.717) is 25.1 Å². The number of hydrogen-bond acceptors (Lipinski definition) is 11. The predicted molar refractivity (Wildman–Crippen MR) is 116 cm³/mol. The van der Waals surface area contributed by atoms with Gasteiger partial charge in [0, 0.05) is 25.9 Å². The summed E-state index contributed by atoms with van der Waals surface area (Å²) < 4.78 is 10.8. The number of hydrogen-bond donors (Lipinski definition) is 3. The van der Waals surface area contributed by atoms with Crippen molar-refractivity contribution in [2.75, 3.05) is 26.8 Å². The number of ether oxygens (including phenoxy) is 2. The second kappa shape index (κ2) is 9.99. The van der Waals surface area contributed by atoms with Gasteiger partial charge in [-0.25, -0.2) is 4.99 Å². The molecule has 3 unspecified atom stereocenters. The number of fused-ring (bicyclic) bond motifs is 1. The van der Waals surface area contributed by atoms with Crippen LogP contribution in [-0.2, 0) is 19.1 Å². The summed E-state index contributed by atoms with van der Waals surface area (Å²) in [5.41, 5.74) is 11.6. The second-order valence-corrected chi connectivity index (χ2v) is 8.41. The normalized spacial score (nSPS) is 21.0. The van der Waals surface area contributed by atoms with Crippen LogP contribution in [0.3, 0.4) is 0 Å². The molecule has 2 aliphatic rings. The summed E-state index contributed by atoms with van der Waals surface area (Å²) in [5.74, 6) is -0.969. The van der Waals surface area contributed by atoms with Crippen LogP contribution < -0.4 is 11.5 Å². The topological polar surface area (TPSA) is 156 Å². The Balaban J connectivity index is 2.12. The van der Waals surface area contributed by atoms with Crippen LogP contribution in [0.4, 0.5) is 0 Å². The van der Waals surface area contributed by atoms with Gasteiger partial charge in [0.15, 0.2) is 6.17 Å². The van der Waals surface area contributed by atoms with E-state index in [4.69, 9.17) is 20.9 Å². The maximum absolute atomic E-state index is 12.3. The number of carbonyl (C=O) groups is 2. The van der Waals surface area contributed by atoms with Gasteiger partial charge in [-0.1, -0.05) is 20.8 Å². The number of rotatable bonds is 10. The van der Waals surface area contributed by atoms with Crippen molar-refractivity contribution in [3.63, 3.8) is 0 Å². The van der Waals surface area contributed by atoms with Crippen LogP contribution in [-0.4, -0.2) is 78.2 Å². The molecule has 0 amide bonds. The Morgan fingerprint density at radius 1 is 1.32 bits per heavy atom. The van der Waals surface area contributed by atoms with Crippen molar-refractivity contribution < 1.29 is 24.2 Å². The van der Waals surface area contributed by atoms with E-state index in [1.165, 1.54) is 6.92 Å². The third-order valence-electron chi connectivity index (χ3n) is 5.82. The number of esters is 2. The lowest BCUT2D eigenvalue weighted by molar-refractivity contribution is -0.155. The summed E-state index contributed by atoms with van der Waals surface area (Å²) in [7, 11) is 1.76. The highest BCUT2D eigenvalue weighted by Crippen LogP contribution is 2.32. The standard InChI is InChI=1S/C20H34N6O5/c1-6-20(9-30-13(4)27,10-31-18(29)14(21)12(2)3)7-8-26-11-23-15-16(28)24-19(22)25(5)17(15)26/h11-12,14,17,28H,6-10,21H2,1-5H3,(H2,22,24). The molecule has 5 N–H and O–H groups in total. The Morgan fingerprint density at radius 3 is 2.55 bits per heavy atom. The van der Waals surface area contributed by atoms with E-state index < -0.39 is 29.6 Å². The van der Waals surface area contributed by atoms with Gasteiger partial charge in [-0.15, -0.1) is 0 Å². The zero-order chi connectivity index (χ0) is 23.3. The summed E-state index contributed by atoms with van der Waals surface area (Å²) in [5, 5.41) is 10.1. The van der Waals surface area contributed by atoms with Crippen LogP contribution in [0.15, 0.2) is 21.6 Å². The van der Waals surface area contributed by atoms with Gasteiger partial charge in [0.05, 0.1) is 6.34 Å². The molecule has 0 saturated heterocycles. The fraction of sp³-hybridized carbons (Fsp3) is 0.700. The van der Waals surface area contributed by atoms with Crippen LogP contribution >= 0.6 is 0 Å². The molecule has 0 spiro atoms. The van der Waals surface area contributed by atoms with Gasteiger partial charge < -0.3 is 35.8 Å². The molecule has 0 aromatic heterocycles. The van der Waals surface area contributed by atoms with Crippen molar-refractivity contribution >= 4 is 24.2 Å². The zero-order valence-corrected chi connectivity index (χ0v) is 18.9. The van der Waals surface area contributed by atoms with Crippen LogP contribution in [0.1, 0.15) is 40.5 Å². The number of nitrogens with two attached hydrogens (primary N) is 2. The summed E-state index contributed by atoms with van der Waals surface area (Å²) in [6, 6.07) is -0.720. The van der Waals surface area contributed by atoms with Crippen molar-refractivity contribution in [1.82, 2.24) is 9.80 Å². The zero-order valence-electron chi connectivity index (χ0n) is 18.9. The van der Waals surface area contributed by atoms with E-state index >= 15 is 0 Å². The van der Waals surface area contributed by atoms with Crippen molar-refractivity contribution in [2.24, 2.45) is 32.8 Å². The molecular weight excluding hydrogens is 404 g/mol. The minimum atomic E-state index is -0.720. The number of aliphatic hydroxyl groups excluding tert-OH is 1. The highest BCUT2D eigenvalue weighted by molar-refractivity contribution is 5.82. The SMILES string of the molecule is CCC(CCN1C=NC2=C(O)N=C(N)N(C)C21)(COC(C)=O)COC(=O)C(N)C(C)C.